The van der Waals surface area contributed by atoms with E-state index in [0.717, 1.165) is 36.3 Å². The normalized spacial score (nSPS) is 16.2. The van der Waals surface area contributed by atoms with Crippen LogP contribution < -0.4 is 16.0 Å². The molecule has 158 valence electrons. The predicted octanol–water partition coefficient (Wildman–Crippen LogP) is 3.01. The van der Waals surface area contributed by atoms with Gasteiger partial charge in [0.05, 0.1) is 12.6 Å². The summed E-state index contributed by atoms with van der Waals surface area (Å²) in [4.78, 5) is 28.3. The van der Waals surface area contributed by atoms with Crippen LogP contribution in [-0.2, 0) is 16.1 Å². The van der Waals surface area contributed by atoms with E-state index < -0.39 is 0 Å². The van der Waals surface area contributed by atoms with Crippen molar-refractivity contribution in [2.24, 2.45) is 4.99 Å². The van der Waals surface area contributed by atoms with Gasteiger partial charge in [0.1, 0.15) is 0 Å². The predicted molar refractivity (Wildman–Crippen MR) is 118 cm³/mol. The first-order valence-electron chi connectivity index (χ1n) is 10.1. The van der Waals surface area contributed by atoms with Gasteiger partial charge < -0.3 is 15.4 Å². The fourth-order valence-corrected chi connectivity index (χ4v) is 3.05. The molecule has 1 fully saturated rings. The molecular formula is C23H28N4O3. The van der Waals surface area contributed by atoms with Gasteiger partial charge in [-0.05, 0) is 49.6 Å². The molecule has 2 aromatic rings. The number of benzene rings is 2. The molecule has 1 aliphatic heterocycles. The zero-order valence-electron chi connectivity index (χ0n) is 17.4. The minimum Gasteiger partial charge on any atom is -0.376 e. The summed E-state index contributed by atoms with van der Waals surface area (Å²) in [6.45, 7) is 5.18. The minimum atomic E-state index is -0.258. The standard InChI is InChI=1S/C23H28N4O3/c1-16-5-11-20(12-6-16)26-23(25-15-21-4-3-13-30-21)27-22(29)19-9-7-18(8-10-19)14-24-17(2)28/h5-12,21H,3-4,13-15H2,1-2H3,(H,24,28)(H2,25,26,27,29). The van der Waals surface area contributed by atoms with E-state index in [9.17, 15) is 9.59 Å². The van der Waals surface area contributed by atoms with Crippen LogP contribution >= 0.6 is 0 Å². The van der Waals surface area contributed by atoms with Gasteiger partial charge in [-0.15, -0.1) is 0 Å². The minimum absolute atomic E-state index is 0.0878. The van der Waals surface area contributed by atoms with Crippen LogP contribution in [0.15, 0.2) is 53.5 Å². The largest absolute Gasteiger partial charge is 0.376 e. The van der Waals surface area contributed by atoms with Crippen LogP contribution in [0.5, 0.6) is 0 Å². The third-order valence-electron chi connectivity index (χ3n) is 4.78. The molecule has 2 amide bonds. The number of nitrogens with zero attached hydrogens (tertiary/aromatic N) is 1. The maximum absolute atomic E-state index is 12.7. The zero-order valence-corrected chi connectivity index (χ0v) is 17.4. The van der Waals surface area contributed by atoms with E-state index >= 15 is 0 Å². The molecule has 0 saturated carbocycles. The Kier molecular flexibility index (Phi) is 7.57. The van der Waals surface area contributed by atoms with Crippen molar-refractivity contribution in [3.8, 4) is 0 Å². The summed E-state index contributed by atoms with van der Waals surface area (Å²) in [6.07, 6.45) is 2.10. The van der Waals surface area contributed by atoms with E-state index in [1.165, 1.54) is 6.92 Å². The van der Waals surface area contributed by atoms with Crippen LogP contribution in [0, 0.1) is 6.92 Å². The van der Waals surface area contributed by atoms with E-state index in [-0.39, 0.29) is 17.9 Å². The van der Waals surface area contributed by atoms with E-state index in [0.29, 0.717) is 24.6 Å². The molecule has 1 unspecified atom stereocenters. The van der Waals surface area contributed by atoms with Crippen LogP contribution in [-0.4, -0.2) is 37.0 Å². The van der Waals surface area contributed by atoms with Gasteiger partial charge in [0.25, 0.3) is 5.91 Å². The average Bonchev–Trinajstić information content (AvgIpc) is 3.26. The molecular weight excluding hydrogens is 380 g/mol. The Labute approximate surface area is 176 Å². The fraction of sp³-hybridized carbons (Fsp3) is 0.348. The van der Waals surface area contributed by atoms with Gasteiger partial charge in [-0.2, -0.15) is 0 Å². The highest BCUT2D eigenvalue weighted by Crippen LogP contribution is 2.13. The number of hydrogen-bond acceptors (Lipinski definition) is 4. The van der Waals surface area contributed by atoms with E-state index in [1.807, 2.05) is 43.3 Å². The van der Waals surface area contributed by atoms with Gasteiger partial charge in [0.15, 0.2) is 0 Å². The SMILES string of the molecule is CC(=O)NCc1ccc(C(=O)NC(=NCC2CCCO2)Nc2ccc(C)cc2)cc1. The van der Waals surface area contributed by atoms with Crippen molar-refractivity contribution in [2.45, 2.75) is 39.3 Å². The Balaban J connectivity index is 1.67. The molecule has 0 spiro atoms. The lowest BCUT2D eigenvalue weighted by molar-refractivity contribution is -0.119. The smallest absolute Gasteiger partial charge is 0.257 e. The lowest BCUT2D eigenvalue weighted by Gasteiger charge is -2.14. The first kappa shape index (κ1) is 21.5. The molecule has 7 nitrogen and oxygen atoms in total. The van der Waals surface area contributed by atoms with Crippen molar-refractivity contribution < 1.29 is 14.3 Å². The van der Waals surface area contributed by atoms with Crippen molar-refractivity contribution in [3.63, 3.8) is 0 Å². The summed E-state index contributed by atoms with van der Waals surface area (Å²) >= 11 is 0. The molecule has 3 rings (SSSR count). The van der Waals surface area contributed by atoms with Crippen LogP contribution in [0.1, 0.15) is 41.3 Å². The van der Waals surface area contributed by atoms with Crippen LogP contribution in [0.2, 0.25) is 0 Å². The maximum Gasteiger partial charge on any atom is 0.257 e. The Morgan fingerprint density at radius 3 is 2.47 bits per heavy atom. The number of aliphatic imine (C=N–C) groups is 1. The van der Waals surface area contributed by atoms with Crippen LogP contribution in [0.4, 0.5) is 5.69 Å². The Morgan fingerprint density at radius 1 is 1.10 bits per heavy atom. The Morgan fingerprint density at radius 2 is 1.83 bits per heavy atom. The molecule has 0 bridgehead atoms. The summed E-state index contributed by atoms with van der Waals surface area (Å²) in [5, 5.41) is 8.79. The molecule has 30 heavy (non-hydrogen) atoms. The van der Waals surface area contributed by atoms with Gasteiger partial charge in [-0.3, -0.25) is 14.9 Å². The van der Waals surface area contributed by atoms with Crippen LogP contribution in [0.3, 0.4) is 0 Å². The molecule has 7 heteroatoms. The summed E-state index contributed by atoms with van der Waals surface area (Å²) in [5.74, 6) is 0.0413. The summed E-state index contributed by atoms with van der Waals surface area (Å²) in [7, 11) is 0. The lowest BCUT2D eigenvalue weighted by atomic mass is 10.1. The van der Waals surface area contributed by atoms with Gasteiger partial charge in [-0.1, -0.05) is 29.8 Å². The van der Waals surface area contributed by atoms with Gasteiger partial charge in [0.2, 0.25) is 11.9 Å². The number of ether oxygens (including phenoxy) is 1. The van der Waals surface area contributed by atoms with Crippen molar-refractivity contribution in [1.29, 1.82) is 0 Å². The monoisotopic (exact) mass is 408 g/mol. The van der Waals surface area contributed by atoms with Crippen LogP contribution in [0.25, 0.3) is 0 Å². The summed E-state index contributed by atoms with van der Waals surface area (Å²) in [5.41, 5.74) is 3.43. The highest BCUT2D eigenvalue weighted by Gasteiger charge is 2.16. The third kappa shape index (κ3) is 6.70. The number of aryl methyl sites for hydroxylation is 1. The number of guanidine groups is 1. The van der Waals surface area contributed by atoms with Gasteiger partial charge in [0, 0.05) is 31.3 Å². The molecule has 3 N–H and O–H groups in total. The molecule has 1 atom stereocenters. The first-order chi connectivity index (χ1) is 14.5. The number of amides is 2. The molecule has 0 aliphatic carbocycles. The summed E-state index contributed by atoms with van der Waals surface area (Å²) in [6, 6.07) is 15.0. The number of carbonyl (C=O) groups excluding carboxylic acids is 2. The van der Waals surface area contributed by atoms with Gasteiger partial charge in [-0.25, -0.2) is 4.99 Å². The van der Waals surface area contributed by atoms with E-state index in [4.69, 9.17) is 4.74 Å². The molecule has 1 saturated heterocycles. The quantitative estimate of drug-likeness (QED) is 0.506. The average molecular weight is 409 g/mol. The molecule has 2 aromatic carbocycles. The number of rotatable bonds is 6. The zero-order chi connectivity index (χ0) is 21.3. The van der Waals surface area contributed by atoms with Crippen molar-refractivity contribution in [1.82, 2.24) is 10.6 Å². The second-order valence-electron chi connectivity index (χ2n) is 7.38. The molecule has 1 heterocycles. The fourth-order valence-electron chi connectivity index (χ4n) is 3.05. The number of hydrogen-bond donors (Lipinski definition) is 3. The van der Waals surface area contributed by atoms with Crippen molar-refractivity contribution in [3.05, 3.63) is 65.2 Å². The van der Waals surface area contributed by atoms with Crippen molar-refractivity contribution in [2.75, 3.05) is 18.5 Å². The summed E-state index contributed by atoms with van der Waals surface area (Å²) < 4.78 is 5.63. The molecule has 0 aromatic heterocycles. The van der Waals surface area contributed by atoms with E-state index in [2.05, 4.69) is 20.9 Å². The van der Waals surface area contributed by atoms with Gasteiger partial charge >= 0.3 is 0 Å². The van der Waals surface area contributed by atoms with E-state index in [1.54, 1.807) is 12.1 Å². The molecule has 1 aliphatic rings. The Bertz CT molecular complexity index is 886. The van der Waals surface area contributed by atoms with Crippen molar-refractivity contribution >= 4 is 23.5 Å². The number of carbonyl (C=O) groups is 2. The number of nitrogens with one attached hydrogen (secondary N) is 3. The Hall–Kier alpha value is -3.19. The number of anilines is 1. The topological polar surface area (TPSA) is 91.8 Å². The maximum atomic E-state index is 12.7. The highest BCUT2D eigenvalue weighted by molar-refractivity contribution is 6.10. The first-order valence-corrected chi connectivity index (χ1v) is 10.1. The second-order valence-corrected chi connectivity index (χ2v) is 7.38. The molecule has 0 radical (unpaired) electrons. The lowest BCUT2D eigenvalue weighted by Crippen LogP contribution is -2.36. The highest BCUT2D eigenvalue weighted by atomic mass is 16.5. The second kappa shape index (κ2) is 10.5. The third-order valence-corrected chi connectivity index (χ3v) is 4.78.